The predicted molar refractivity (Wildman–Crippen MR) is 156 cm³/mol. The molecule has 2 aliphatic carbocycles. The number of sulfone groups is 1. The van der Waals surface area contributed by atoms with E-state index >= 15 is 0 Å². The van der Waals surface area contributed by atoms with E-state index in [9.17, 15) is 36.0 Å². The lowest BCUT2D eigenvalue weighted by atomic mass is 9.70. The SMILES string of the molecule is CC1(C)C2CC[C@@]1(CS(=O)(=O)N[C@@H](CCS(C)(=O)=O)C(=O)N1CCCC1C(=O)N[C@H](C=O)CCCN=C(N)N)C(=O)C2. The van der Waals surface area contributed by atoms with Crippen molar-refractivity contribution in [1.82, 2.24) is 14.9 Å². The molecule has 6 N–H and O–H groups in total. The fourth-order valence-electron chi connectivity index (χ4n) is 6.73. The Bertz CT molecular complexity index is 1310. The number of likely N-dealkylation sites (tertiary alicyclic amines) is 1. The van der Waals surface area contributed by atoms with E-state index in [-0.39, 0.29) is 50.0 Å². The van der Waals surface area contributed by atoms with Gasteiger partial charge in [-0.15, -0.1) is 0 Å². The first kappa shape index (κ1) is 33.9. The van der Waals surface area contributed by atoms with Gasteiger partial charge in [0, 0.05) is 31.2 Å². The molecule has 14 nitrogen and oxygen atoms in total. The molecule has 2 amide bonds. The number of carbonyl (C=O) groups excluding carboxylic acids is 4. The molecular formula is C26H44N6O8S2. The zero-order valence-electron chi connectivity index (χ0n) is 24.5. The lowest BCUT2D eigenvalue weighted by Gasteiger charge is -2.36. The molecule has 2 unspecified atom stereocenters. The van der Waals surface area contributed by atoms with Crippen molar-refractivity contribution >= 4 is 49.7 Å². The van der Waals surface area contributed by atoms with Crippen LogP contribution >= 0.6 is 0 Å². The molecule has 2 saturated carbocycles. The Kier molecular flexibility index (Phi) is 10.5. The third-order valence-electron chi connectivity index (χ3n) is 9.27. The summed E-state index contributed by atoms with van der Waals surface area (Å²) >= 11 is 0. The molecule has 2 bridgehead atoms. The predicted octanol–water partition coefficient (Wildman–Crippen LogP) is -1.17. The van der Waals surface area contributed by atoms with E-state index < -0.39 is 72.1 Å². The van der Waals surface area contributed by atoms with Crippen LogP contribution in [-0.2, 0) is 39.0 Å². The van der Waals surface area contributed by atoms with Crippen molar-refractivity contribution in [1.29, 1.82) is 0 Å². The zero-order chi connectivity index (χ0) is 31.5. The number of rotatable bonds is 15. The van der Waals surface area contributed by atoms with Gasteiger partial charge in [-0.1, -0.05) is 13.8 Å². The summed E-state index contributed by atoms with van der Waals surface area (Å²) in [6.45, 7) is 4.22. The summed E-state index contributed by atoms with van der Waals surface area (Å²) in [4.78, 5) is 56.4. The third kappa shape index (κ3) is 7.67. The fraction of sp³-hybridized carbons (Fsp3) is 0.808. The number of aldehydes is 1. The summed E-state index contributed by atoms with van der Waals surface area (Å²) in [6.07, 6.45) is 4.16. The van der Waals surface area contributed by atoms with Crippen LogP contribution in [0.15, 0.2) is 4.99 Å². The van der Waals surface area contributed by atoms with Crippen molar-refractivity contribution in [2.45, 2.75) is 83.3 Å². The maximum atomic E-state index is 13.7. The number of sulfonamides is 1. The largest absolute Gasteiger partial charge is 0.370 e. The number of nitrogens with zero attached hydrogens (tertiary/aromatic N) is 2. The number of carbonyl (C=O) groups is 4. The van der Waals surface area contributed by atoms with Crippen LogP contribution in [0.4, 0.5) is 0 Å². The van der Waals surface area contributed by atoms with Gasteiger partial charge in [-0.25, -0.2) is 21.6 Å². The molecule has 3 aliphatic rings. The van der Waals surface area contributed by atoms with Gasteiger partial charge < -0.3 is 26.5 Å². The number of aliphatic imine (C=N–C) groups is 1. The molecule has 0 radical (unpaired) electrons. The first-order chi connectivity index (χ1) is 19.4. The van der Waals surface area contributed by atoms with E-state index in [1.54, 1.807) is 0 Å². The molecule has 42 heavy (non-hydrogen) atoms. The average molecular weight is 633 g/mol. The molecule has 16 heteroatoms. The van der Waals surface area contributed by atoms with E-state index in [4.69, 9.17) is 11.5 Å². The average Bonchev–Trinajstić information content (AvgIpc) is 3.51. The minimum Gasteiger partial charge on any atom is -0.370 e. The number of ketones is 1. The molecule has 5 atom stereocenters. The van der Waals surface area contributed by atoms with Crippen LogP contribution < -0.4 is 21.5 Å². The molecule has 0 aromatic carbocycles. The van der Waals surface area contributed by atoms with Crippen molar-refractivity contribution in [2.24, 2.45) is 33.2 Å². The minimum absolute atomic E-state index is 0.0894. The number of amides is 2. The summed E-state index contributed by atoms with van der Waals surface area (Å²) in [5.41, 5.74) is 8.98. The second-order valence-corrected chi connectivity index (χ2v) is 16.4. The molecule has 0 spiro atoms. The van der Waals surface area contributed by atoms with Gasteiger partial charge in [-0.05, 0) is 56.3 Å². The highest BCUT2D eigenvalue weighted by Gasteiger charge is 2.65. The Morgan fingerprint density at radius 1 is 1.17 bits per heavy atom. The highest BCUT2D eigenvalue weighted by molar-refractivity contribution is 7.90. The summed E-state index contributed by atoms with van der Waals surface area (Å²) in [5, 5.41) is 2.62. The normalized spacial score (nSPS) is 26.5. The minimum atomic E-state index is -4.22. The van der Waals surface area contributed by atoms with Gasteiger partial charge in [0.2, 0.25) is 21.8 Å². The van der Waals surface area contributed by atoms with Gasteiger partial charge in [0.15, 0.2) is 5.96 Å². The van der Waals surface area contributed by atoms with Crippen molar-refractivity contribution in [3.8, 4) is 0 Å². The Labute approximate surface area is 247 Å². The second-order valence-electron chi connectivity index (χ2n) is 12.4. The van der Waals surface area contributed by atoms with E-state index in [1.165, 1.54) is 4.90 Å². The van der Waals surface area contributed by atoms with E-state index in [0.717, 1.165) is 12.7 Å². The van der Waals surface area contributed by atoms with Gasteiger partial charge >= 0.3 is 0 Å². The number of nitrogens with two attached hydrogens (primary N) is 2. The number of hydrogen-bond donors (Lipinski definition) is 4. The van der Waals surface area contributed by atoms with Crippen LogP contribution in [0, 0.1) is 16.7 Å². The van der Waals surface area contributed by atoms with Gasteiger partial charge in [0.25, 0.3) is 0 Å². The van der Waals surface area contributed by atoms with E-state index in [2.05, 4.69) is 15.0 Å². The molecule has 0 aromatic heterocycles. The van der Waals surface area contributed by atoms with E-state index in [1.807, 2.05) is 13.8 Å². The quantitative estimate of drug-likeness (QED) is 0.0732. The van der Waals surface area contributed by atoms with Crippen molar-refractivity contribution in [3.63, 3.8) is 0 Å². The smallest absolute Gasteiger partial charge is 0.243 e. The van der Waals surface area contributed by atoms with Gasteiger partial charge in [0.05, 0.1) is 17.5 Å². The van der Waals surface area contributed by atoms with Crippen LogP contribution in [0.2, 0.25) is 0 Å². The molecular weight excluding hydrogens is 588 g/mol. The zero-order valence-corrected chi connectivity index (χ0v) is 26.1. The van der Waals surface area contributed by atoms with Crippen molar-refractivity contribution in [2.75, 3.05) is 30.9 Å². The lowest BCUT2D eigenvalue weighted by molar-refractivity contribution is -0.140. The summed E-state index contributed by atoms with van der Waals surface area (Å²) in [7, 11) is -7.78. The number of fused-ring (bicyclic) bond motifs is 2. The first-order valence-corrected chi connectivity index (χ1v) is 18.0. The van der Waals surface area contributed by atoms with E-state index in [0.29, 0.717) is 32.0 Å². The molecule has 1 heterocycles. The third-order valence-corrected chi connectivity index (χ3v) is 11.8. The molecule has 3 fully saturated rings. The molecule has 1 saturated heterocycles. The fourth-order valence-corrected chi connectivity index (χ4v) is 9.46. The molecule has 238 valence electrons. The lowest BCUT2D eigenvalue weighted by Crippen LogP contribution is -2.56. The first-order valence-electron chi connectivity index (χ1n) is 14.2. The molecule has 1 aliphatic heterocycles. The maximum Gasteiger partial charge on any atom is 0.243 e. The van der Waals surface area contributed by atoms with Crippen LogP contribution in [0.1, 0.15) is 65.2 Å². The van der Waals surface area contributed by atoms with Crippen LogP contribution in [0.25, 0.3) is 0 Å². The number of hydrogen-bond acceptors (Lipinski definition) is 9. The Morgan fingerprint density at radius 2 is 1.86 bits per heavy atom. The van der Waals surface area contributed by atoms with Gasteiger partial charge in [0.1, 0.15) is 34.0 Å². The standard InChI is InChI=1S/C26H44N6O8S2/c1-25(2)17-8-10-26(25,21(34)14-17)16-42(39,40)31-19(9-13-41(3,37)38)23(36)32-12-5-7-20(32)22(35)30-18(15-33)6-4-11-29-24(27)28/h15,17-20,31H,4-14,16H2,1-3H3,(H,30,35)(H4,27,28,29)/t17?,18-,19-,20?,26+/m0/s1. The Hall–Kier alpha value is -2.59. The van der Waals surface area contributed by atoms with Crippen molar-refractivity contribution in [3.05, 3.63) is 0 Å². The maximum absolute atomic E-state index is 13.7. The van der Waals surface area contributed by atoms with Crippen LogP contribution in [0.3, 0.4) is 0 Å². The highest BCUT2D eigenvalue weighted by Crippen LogP contribution is 2.64. The monoisotopic (exact) mass is 632 g/mol. The van der Waals surface area contributed by atoms with Gasteiger partial charge in [-0.3, -0.25) is 19.4 Å². The Balaban J connectivity index is 1.75. The summed E-state index contributed by atoms with van der Waals surface area (Å²) < 4.78 is 53.3. The summed E-state index contributed by atoms with van der Waals surface area (Å²) in [5.74, 6) is -2.35. The summed E-state index contributed by atoms with van der Waals surface area (Å²) in [6, 6.07) is -3.26. The van der Waals surface area contributed by atoms with Crippen molar-refractivity contribution < 1.29 is 36.0 Å². The number of nitrogens with one attached hydrogen (secondary N) is 2. The number of guanidine groups is 1. The second kappa shape index (κ2) is 13.0. The van der Waals surface area contributed by atoms with Crippen LogP contribution in [0.5, 0.6) is 0 Å². The Morgan fingerprint density at radius 3 is 2.40 bits per heavy atom. The molecule has 3 rings (SSSR count). The molecule has 0 aromatic rings. The van der Waals surface area contributed by atoms with Gasteiger partial charge in [-0.2, -0.15) is 0 Å². The number of Topliss-reactive ketones (excluding diaryl/α,β-unsaturated/α-hetero) is 1. The van der Waals surface area contributed by atoms with Crippen LogP contribution in [-0.4, -0.2) is 101 Å². The topological polar surface area (TPSA) is 228 Å². The highest BCUT2D eigenvalue weighted by atomic mass is 32.2.